The topological polar surface area (TPSA) is 93.3 Å². The molecule has 1 aromatic heterocycles. The standard InChI is InChI=1S/C16H16F3N3O4/c1-25-11-5-3-9(4-6-11)13-20-8-10(21-13)7-12(14(23)26-2)22-15(24)16(17,18)19/h3-6,8,12H,7H2,1-2H3,(H,20,21)(H,22,24)/t12-/m0/s1. The molecule has 0 spiro atoms. The molecule has 1 aromatic carbocycles. The molecule has 1 atom stereocenters. The molecule has 26 heavy (non-hydrogen) atoms. The Hall–Kier alpha value is -3.04. The van der Waals surface area contributed by atoms with Crippen LogP contribution < -0.4 is 10.1 Å². The van der Waals surface area contributed by atoms with Crippen LogP contribution in [0.4, 0.5) is 13.2 Å². The van der Waals surface area contributed by atoms with Crippen molar-refractivity contribution in [3.63, 3.8) is 0 Å². The van der Waals surface area contributed by atoms with Crippen LogP contribution in [-0.2, 0) is 20.7 Å². The third-order valence-electron chi connectivity index (χ3n) is 3.46. The number of rotatable bonds is 6. The number of nitrogens with one attached hydrogen (secondary N) is 2. The normalized spacial score (nSPS) is 12.3. The number of benzene rings is 1. The average molecular weight is 371 g/mol. The van der Waals surface area contributed by atoms with Crippen molar-refractivity contribution < 1.29 is 32.2 Å². The quantitative estimate of drug-likeness (QED) is 0.756. The highest BCUT2D eigenvalue weighted by atomic mass is 19.4. The van der Waals surface area contributed by atoms with E-state index in [2.05, 4.69) is 14.7 Å². The van der Waals surface area contributed by atoms with Gasteiger partial charge in [0.05, 0.1) is 14.2 Å². The van der Waals surface area contributed by atoms with Gasteiger partial charge in [-0.25, -0.2) is 9.78 Å². The van der Waals surface area contributed by atoms with Gasteiger partial charge in [0.2, 0.25) is 0 Å². The first-order chi connectivity index (χ1) is 12.2. The molecule has 0 bridgehead atoms. The number of ether oxygens (including phenoxy) is 2. The van der Waals surface area contributed by atoms with Gasteiger partial charge in [-0.2, -0.15) is 13.2 Å². The zero-order chi connectivity index (χ0) is 19.3. The summed E-state index contributed by atoms with van der Waals surface area (Å²) in [6.07, 6.45) is -3.97. The van der Waals surface area contributed by atoms with E-state index in [-0.39, 0.29) is 6.42 Å². The summed E-state index contributed by atoms with van der Waals surface area (Å²) < 4.78 is 46.7. The van der Waals surface area contributed by atoms with Crippen molar-refractivity contribution in [3.8, 4) is 17.1 Å². The predicted octanol–water partition coefficient (Wildman–Crippen LogP) is 1.85. The van der Waals surface area contributed by atoms with Gasteiger partial charge < -0.3 is 19.8 Å². The Balaban J connectivity index is 2.14. The number of carbonyl (C=O) groups is 2. The van der Waals surface area contributed by atoms with Crippen LogP contribution in [-0.4, -0.2) is 48.3 Å². The third kappa shape index (κ3) is 4.74. The molecule has 2 rings (SSSR count). The van der Waals surface area contributed by atoms with Crippen LogP contribution in [0.5, 0.6) is 5.75 Å². The van der Waals surface area contributed by atoms with Crippen LogP contribution in [0, 0.1) is 0 Å². The Kier molecular flexibility index (Phi) is 5.86. The first kappa shape index (κ1) is 19.3. The molecule has 1 heterocycles. The number of hydrogen-bond donors (Lipinski definition) is 2. The van der Waals surface area contributed by atoms with E-state index in [1.807, 2.05) is 0 Å². The van der Waals surface area contributed by atoms with E-state index in [0.717, 1.165) is 7.11 Å². The summed E-state index contributed by atoms with van der Waals surface area (Å²) in [4.78, 5) is 29.8. The van der Waals surface area contributed by atoms with Crippen molar-refractivity contribution in [2.45, 2.75) is 18.6 Å². The summed E-state index contributed by atoms with van der Waals surface area (Å²) in [5.41, 5.74) is 1.07. The van der Waals surface area contributed by atoms with E-state index >= 15 is 0 Å². The fourth-order valence-electron chi connectivity index (χ4n) is 2.15. The maximum Gasteiger partial charge on any atom is 0.471 e. The van der Waals surface area contributed by atoms with Gasteiger partial charge in [-0.15, -0.1) is 0 Å². The van der Waals surface area contributed by atoms with Crippen LogP contribution in [0.15, 0.2) is 30.5 Å². The van der Waals surface area contributed by atoms with Crippen molar-refractivity contribution >= 4 is 11.9 Å². The third-order valence-corrected chi connectivity index (χ3v) is 3.46. The van der Waals surface area contributed by atoms with Gasteiger partial charge in [0.25, 0.3) is 0 Å². The highest BCUT2D eigenvalue weighted by molar-refractivity contribution is 5.87. The van der Waals surface area contributed by atoms with Crippen molar-refractivity contribution in [2.24, 2.45) is 0 Å². The lowest BCUT2D eigenvalue weighted by atomic mass is 10.1. The van der Waals surface area contributed by atoms with Gasteiger partial charge in [-0.05, 0) is 24.3 Å². The van der Waals surface area contributed by atoms with Crippen LogP contribution >= 0.6 is 0 Å². The number of aromatic amines is 1. The Labute approximate surface area is 146 Å². The Bertz CT molecular complexity index is 772. The molecule has 10 heteroatoms. The molecule has 0 saturated heterocycles. The summed E-state index contributed by atoms with van der Waals surface area (Å²) >= 11 is 0. The fourth-order valence-corrected chi connectivity index (χ4v) is 2.15. The molecule has 0 aliphatic rings. The van der Waals surface area contributed by atoms with Crippen LogP contribution in [0.25, 0.3) is 11.4 Å². The molecule has 140 valence electrons. The highest BCUT2D eigenvalue weighted by Gasteiger charge is 2.41. The van der Waals surface area contributed by atoms with E-state index in [4.69, 9.17) is 4.74 Å². The zero-order valence-electron chi connectivity index (χ0n) is 13.9. The number of esters is 1. The minimum absolute atomic E-state index is 0.238. The van der Waals surface area contributed by atoms with Gasteiger partial charge in [0.15, 0.2) is 0 Å². The summed E-state index contributed by atoms with van der Waals surface area (Å²) in [6.45, 7) is 0. The van der Waals surface area contributed by atoms with E-state index in [1.165, 1.54) is 13.3 Å². The lowest BCUT2D eigenvalue weighted by molar-refractivity contribution is -0.175. The van der Waals surface area contributed by atoms with Gasteiger partial charge in [-0.1, -0.05) is 0 Å². The number of aromatic nitrogens is 2. The second kappa shape index (κ2) is 7.89. The maximum absolute atomic E-state index is 12.4. The molecule has 2 aromatic rings. The molecule has 0 unspecified atom stereocenters. The molecule has 0 saturated carbocycles. The zero-order valence-corrected chi connectivity index (χ0v) is 13.9. The van der Waals surface area contributed by atoms with E-state index < -0.39 is 24.1 Å². The SMILES string of the molecule is COC(=O)[C@H](Cc1cnc(-c2ccc(OC)cc2)[nH]1)NC(=O)C(F)(F)F. The second-order valence-corrected chi connectivity index (χ2v) is 5.24. The number of amides is 1. The second-order valence-electron chi connectivity index (χ2n) is 5.24. The number of imidazole rings is 1. The number of hydrogen-bond acceptors (Lipinski definition) is 5. The summed E-state index contributed by atoms with van der Waals surface area (Å²) in [6, 6.07) is 5.42. The number of alkyl halides is 3. The first-order valence-corrected chi connectivity index (χ1v) is 7.38. The van der Waals surface area contributed by atoms with E-state index in [0.29, 0.717) is 22.8 Å². The van der Waals surface area contributed by atoms with E-state index in [9.17, 15) is 22.8 Å². The number of nitrogens with zero attached hydrogens (tertiary/aromatic N) is 1. The molecular formula is C16H16F3N3O4. The number of halogens is 3. The Morgan fingerprint density at radius 3 is 2.42 bits per heavy atom. The summed E-state index contributed by atoms with van der Waals surface area (Å²) in [5, 5.41) is 1.62. The van der Waals surface area contributed by atoms with Gasteiger partial charge in [0, 0.05) is 23.9 Å². The lowest BCUT2D eigenvalue weighted by Crippen LogP contribution is -2.48. The van der Waals surface area contributed by atoms with Gasteiger partial charge in [0.1, 0.15) is 17.6 Å². The Morgan fingerprint density at radius 2 is 1.88 bits per heavy atom. The number of H-pyrrole nitrogens is 1. The van der Waals surface area contributed by atoms with Crippen molar-refractivity contribution in [1.82, 2.24) is 15.3 Å². The minimum Gasteiger partial charge on any atom is -0.497 e. The maximum atomic E-state index is 12.4. The van der Waals surface area contributed by atoms with E-state index in [1.54, 1.807) is 29.6 Å². The molecule has 0 aliphatic carbocycles. The van der Waals surface area contributed by atoms with Crippen LogP contribution in [0.1, 0.15) is 5.69 Å². The molecule has 0 radical (unpaired) electrons. The lowest BCUT2D eigenvalue weighted by Gasteiger charge is -2.16. The largest absolute Gasteiger partial charge is 0.497 e. The Morgan fingerprint density at radius 1 is 1.23 bits per heavy atom. The molecule has 7 nitrogen and oxygen atoms in total. The molecular weight excluding hydrogens is 355 g/mol. The van der Waals surface area contributed by atoms with Gasteiger partial charge >= 0.3 is 18.1 Å². The van der Waals surface area contributed by atoms with Crippen molar-refractivity contribution in [3.05, 3.63) is 36.2 Å². The highest BCUT2D eigenvalue weighted by Crippen LogP contribution is 2.20. The van der Waals surface area contributed by atoms with Crippen LogP contribution in [0.2, 0.25) is 0 Å². The van der Waals surface area contributed by atoms with Crippen molar-refractivity contribution in [1.29, 1.82) is 0 Å². The smallest absolute Gasteiger partial charge is 0.471 e. The van der Waals surface area contributed by atoms with Crippen LogP contribution in [0.3, 0.4) is 0 Å². The fraction of sp³-hybridized carbons (Fsp3) is 0.312. The molecule has 1 amide bonds. The summed E-state index contributed by atoms with van der Waals surface area (Å²) in [7, 11) is 2.55. The average Bonchev–Trinajstić information content (AvgIpc) is 3.08. The number of carbonyl (C=O) groups excluding carboxylic acids is 2. The van der Waals surface area contributed by atoms with Crippen molar-refractivity contribution in [2.75, 3.05) is 14.2 Å². The minimum atomic E-state index is -5.10. The molecule has 0 fully saturated rings. The summed E-state index contributed by atoms with van der Waals surface area (Å²) in [5.74, 6) is -2.11. The first-order valence-electron chi connectivity index (χ1n) is 7.38. The molecule has 2 N–H and O–H groups in total. The number of methoxy groups -OCH3 is 2. The predicted molar refractivity (Wildman–Crippen MR) is 84.3 cm³/mol. The monoisotopic (exact) mass is 371 g/mol. The van der Waals surface area contributed by atoms with Gasteiger partial charge in [-0.3, -0.25) is 4.79 Å². The molecule has 0 aliphatic heterocycles.